The Morgan fingerprint density at radius 3 is 0.614 bits per heavy atom. The highest BCUT2D eigenvalue weighted by Crippen LogP contribution is 2.45. The second kappa shape index (κ2) is 71.0. The zero-order valence-corrected chi connectivity index (χ0v) is 68.3. The van der Waals surface area contributed by atoms with Crippen LogP contribution in [-0.4, -0.2) is 96.7 Å². The van der Waals surface area contributed by atoms with Gasteiger partial charge in [0.25, 0.3) is 0 Å². The van der Waals surface area contributed by atoms with Crippen molar-refractivity contribution in [1.82, 2.24) is 0 Å². The van der Waals surface area contributed by atoms with Gasteiger partial charge in [-0.1, -0.05) is 370 Å². The van der Waals surface area contributed by atoms with Crippen molar-refractivity contribution in [3.05, 3.63) is 0 Å². The first-order chi connectivity index (χ1) is 48.6. The largest absolute Gasteiger partial charge is 0.472 e. The molecule has 0 aliphatic carbocycles. The number of hydrogen-bond donors (Lipinski definition) is 3. The number of carbonyl (C=O) groups excluding carboxylic acids is 4. The van der Waals surface area contributed by atoms with Crippen LogP contribution in [0.3, 0.4) is 0 Å². The Balaban J connectivity index is 5.22. The number of hydrogen-bond acceptors (Lipinski definition) is 15. The quantitative estimate of drug-likeness (QED) is 0.0222. The molecule has 101 heavy (non-hydrogen) atoms. The lowest BCUT2D eigenvalue weighted by molar-refractivity contribution is -0.161. The lowest BCUT2D eigenvalue weighted by Crippen LogP contribution is -2.30. The van der Waals surface area contributed by atoms with Gasteiger partial charge >= 0.3 is 39.5 Å². The van der Waals surface area contributed by atoms with Gasteiger partial charge in [-0.05, 0) is 49.4 Å². The molecule has 0 aromatic rings. The molecule has 19 heteroatoms. The van der Waals surface area contributed by atoms with E-state index in [9.17, 15) is 43.2 Å². The van der Waals surface area contributed by atoms with E-state index in [4.69, 9.17) is 37.0 Å². The molecular formula is C82H160O17P2. The molecule has 0 aliphatic rings. The Bertz CT molecular complexity index is 1970. The van der Waals surface area contributed by atoms with Gasteiger partial charge in [0, 0.05) is 25.7 Å². The van der Waals surface area contributed by atoms with E-state index in [-0.39, 0.29) is 25.7 Å². The summed E-state index contributed by atoms with van der Waals surface area (Å²) < 4.78 is 68.7. The second-order valence-electron chi connectivity index (χ2n) is 31.4. The molecule has 5 atom stereocenters. The molecule has 0 bridgehead atoms. The first-order valence-electron chi connectivity index (χ1n) is 42.2. The fraction of sp³-hybridized carbons (Fsp3) is 0.951. The van der Waals surface area contributed by atoms with E-state index in [1.54, 1.807) is 0 Å². The Kier molecular flexibility index (Phi) is 69.6. The van der Waals surface area contributed by atoms with Gasteiger partial charge in [0.2, 0.25) is 0 Å². The Hall–Kier alpha value is -1.94. The summed E-state index contributed by atoms with van der Waals surface area (Å²) in [5.41, 5.74) is 0. The zero-order valence-electron chi connectivity index (χ0n) is 66.5. The van der Waals surface area contributed by atoms with Gasteiger partial charge in [0.05, 0.1) is 26.4 Å². The van der Waals surface area contributed by atoms with Crippen LogP contribution in [0.15, 0.2) is 0 Å². The molecule has 3 unspecified atom stereocenters. The van der Waals surface area contributed by atoms with Gasteiger partial charge in [0.15, 0.2) is 12.2 Å². The third-order valence-corrected chi connectivity index (χ3v) is 21.0. The summed E-state index contributed by atoms with van der Waals surface area (Å²) in [6.45, 7) is 14.2. The summed E-state index contributed by atoms with van der Waals surface area (Å²) in [4.78, 5) is 73.0. The molecule has 0 saturated heterocycles. The summed E-state index contributed by atoms with van der Waals surface area (Å²) >= 11 is 0. The summed E-state index contributed by atoms with van der Waals surface area (Å²) in [6.07, 6.45) is 58.4. The molecule has 0 aromatic heterocycles. The minimum absolute atomic E-state index is 0.106. The number of carbonyl (C=O) groups is 4. The number of phosphoric ester groups is 2. The SMILES string of the molecule is CC(C)CCCCCCCCCCCCCCCCCC(=O)OC[C@H](COP(=O)(O)OCC(O)COP(=O)(O)OC[C@@H](COC(=O)CCCCCCCCC(C)C)OC(=O)CCCCCCCCCCCCCCCCCC(C)C)OC(=O)CCCCCCCCCCCCCCCC(C)C. The van der Waals surface area contributed by atoms with Gasteiger partial charge in [-0.15, -0.1) is 0 Å². The third-order valence-electron chi connectivity index (χ3n) is 19.1. The predicted molar refractivity (Wildman–Crippen MR) is 414 cm³/mol. The molecule has 0 amide bonds. The normalized spacial score (nSPS) is 14.0. The van der Waals surface area contributed by atoms with Crippen molar-refractivity contribution >= 4 is 39.5 Å². The van der Waals surface area contributed by atoms with Crippen LogP contribution >= 0.6 is 15.6 Å². The van der Waals surface area contributed by atoms with Crippen molar-refractivity contribution in [3.63, 3.8) is 0 Å². The number of aliphatic hydroxyl groups excluding tert-OH is 1. The summed E-state index contributed by atoms with van der Waals surface area (Å²) in [6, 6.07) is 0. The molecule has 0 heterocycles. The van der Waals surface area contributed by atoms with Crippen LogP contribution in [0, 0.1) is 23.7 Å². The van der Waals surface area contributed by atoms with Gasteiger partial charge in [-0.3, -0.25) is 37.3 Å². The van der Waals surface area contributed by atoms with E-state index in [1.807, 2.05) is 0 Å². The highest BCUT2D eigenvalue weighted by Gasteiger charge is 2.30. The molecule has 3 N–H and O–H groups in total. The summed E-state index contributed by atoms with van der Waals surface area (Å²) in [5.74, 6) is 0.961. The lowest BCUT2D eigenvalue weighted by Gasteiger charge is -2.21. The molecule has 0 spiro atoms. The maximum Gasteiger partial charge on any atom is 0.472 e. The van der Waals surface area contributed by atoms with Crippen molar-refractivity contribution in [3.8, 4) is 0 Å². The van der Waals surface area contributed by atoms with E-state index in [1.165, 1.54) is 218 Å². The van der Waals surface area contributed by atoms with Gasteiger partial charge in [0.1, 0.15) is 19.3 Å². The fourth-order valence-corrected chi connectivity index (χ4v) is 14.2. The number of rotatable bonds is 79. The van der Waals surface area contributed by atoms with Crippen LogP contribution in [0.4, 0.5) is 0 Å². The van der Waals surface area contributed by atoms with E-state index in [0.29, 0.717) is 31.6 Å². The number of unbranched alkanes of at least 4 members (excludes halogenated alkanes) is 45. The molecule has 17 nitrogen and oxygen atoms in total. The molecule has 0 saturated carbocycles. The average Bonchev–Trinajstić information content (AvgIpc) is 1.03. The van der Waals surface area contributed by atoms with E-state index in [2.05, 4.69) is 55.4 Å². The Labute approximate surface area is 619 Å². The fourth-order valence-electron chi connectivity index (χ4n) is 12.6. The van der Waals surface area contributed by atoms with Crippen LogP contribution < -0.4 is 0 Å². The second-order valence-corrected chi connectivity index (χ2v) is 34.3. The minimum Gasteiger partial charge on any atom is -0.462 e. The Morgan fingerprint density at radius 2 is 0.416 bits per heavy atom. The smallest absolute Gasteiger partial charge is 0.462 e. The summed E-state index contributed by atoms with van der Waals surface area (Å²) in [7, 11) is -9.92. The molecule has 0 aliphatic heterocycles. The van der Waals surface area contributed by atoms with Gasteiger partial charge in [-0.25, -0.2) is 9.13 Å². The van der Waals surface area contributed by atoms with Crippen LogP contribution in [0.5, 0.6) is 0 Å². The standard InChI is InChI=1S/C82H160O17P2/c1-72(2)58-50-42-34-28-22-16-11-9-13-19-25-31-37-46-54-62-79(84)92-68-77(98-81(86)65-57-49-39-33-27-21-15-18-24-30-36-44-52-60-74(5)6)70-96-100(88,89)94-66-76(83)67-95-101(90,91)97-71-78(69-93-80(85)63-55-47-41-40-45-53-61-75(7)8)99-82(87)64-56-48-38-32-26-20-14-10-12-17-23-29-35-43-51-59-73(3)4/h72-78,83H,9-71H2,1-8H3,(H,88,89)(H,90,91)/t76?,77-,78-/m1/s1. The monoisotopic (exact) mass is 1480 g/mol. The third kappa shape index (κ3) is 76.1. The summed E-state index contributed by atoms with van der Waals surface area (Å²) in [5, 5.41) is 10.6. The lowest BCUT2D eigenvalue weighted by atomic mass is 10.0. The van der Waals surface area contributed by atoms with Crippen molar-refractivity contribution < 1.29 is 80.2 Å². The van der Waals surface area contributed by atoms with Crippen LogP contribution in [0.2, 0.25) is 0 Å². The Morgan fingerprint density at radius 1 is 0.248 bits per heavy atom. The van der Waals surface area contributed by atoms with Crippen LogP contribution in [0.25, 0.3) is 0 Å². The van der Waals surface area contributed by atoms with Crippen molar-refractivity contribution in [2.45, 2.75) is 440 Å². The highest BCUT2D eigenvalue weighted by molar-refractivity contribution is 7.47. The van der Waals surface area contributed by atoms with Crippen LogP contribution in [0.1, 0.15) is 421 Å². The molecule has 0 aromatic carbocycles. The number of phosphoric acid groups is 2. The highest BCUT2D eigenvalue weighted by atomic mass is 31.2. The molecule has 600 valence electrons. The minimum atomic E-state index is -4.96. The van der Waals surface area contributed by atoms with Crippen LogP contribution in [-0.2, 0) is 65.4 Å². The first kappa shape index (κ1) is 99.1. The van der Waals surface area contributed by atoms with Crippen molar-refractivity contribution in [2.75, 3.05) is 39.6 Å². The zero-order chi connectivity index (χ0) is 74.6. The topological polar surface area (TPSA) is 237 Å². The number of aliphatic hydroxyl groups is 1. The number of esters is 4. The maximum atomic E-state index is 13.1. The first-order valence-corrected chi connectivity index (χ1v) is 45.2. The molecule has 0 radical (unpaired) electrons. The van der Waals surface area contributed by atoms with Crippen molar-refractivity contribution in [2.24, 2.45) is 23.7 Å². The average molecular weight is 1480 g/mol. The molecule has 0 rings (SSSR count). The predicted octanol–water partition coefficient (Wildman–Crippen LogP) is 24.4. The van der Waals surface area contributed by atoms with E-state index >= 15 is 0 Å². The maximum absolute atomic E-state index is 13.1. The molecule has 0 fully saturated rings. The van der Waals surface area contributed by atoms with Crippen molar-refractivity contribution in [1.29, 1.82) is 0 Å². The number of ether oxygens (including phenoxy) is 4. The van der Waals surface area contributed by atoms with E-state index < -0.39 is 97.5 Å². The van der Waals surface area contributed by atoms with E-state index in [0.717, 1.165) is 114 Å². The van der Waals surface area contributed by atoms with Gasteiger partial charge in [-0.2, -0.15) is 0 Å². The molecular weight excluding hydrogens is 1320 g/mol. The van der Waals surface area contributed by atoms with Gasteiger partial charge < -0.3 is 33.8 Å².